The molecule has 16 heavy (non-hydrogen) atoms. The molecule has 2 N–H and O–H groups in total. The first kappa shape index (κ1) is 11.8. The summed E-state index contributed by atoms with van der Waals surface area (Å²) < 4.78 is 0.920. The highest BCUT2D eigenvalue weighted by Crippen LogP contribution is 2.23. The minimum Gasteiger partial charge on any atom is -0.338 e. The van der Waals surface area contributed by atoms with E-state index in [0.29, 0.717) is 6.04 Å². The molecule has 2 heterocycles. The van der Waals surface area contributed by atoms with Crippen LogP contribution in [0.15, 0.2) is 16.9 Å². The van der Waals surface area contributed by atoms with E-state index in [0.717, 1.165) is 29.9 Å². The zero-order chi connectivity index (χ0) is 11.4. The molecule has 4 nitrogen and oxygen atoms in total. The summed E-state index contributed by atoms with van der Waals surface area (Å²) in [5, 5.41) is 0. The lowest BCUT2D eigenvalue weighted by molar-refractivity contribution is 0.435. The summed E-state index contributed by atoms with van der Waals surface area (Å²) in [7, 11) is 0. The first-order valence-electron chi connectivity index (χ1n) is 5.75. The van der Waals surface area contributed by atoms with Gasteiger partial charge < -0.3 is 10.6 Å². The van der Waals surface area contributed by atoms with Crippen molar-refractivity contribution in [3.63, 3.8) is 0 Å². The van der Waals surface area contributed by atoms with Crippen molar-refractivity contribution in [2.24, 2.45) is 5.73 Å². The van der Waals surface area contributed by atoms with E-state index in [2.05, 4.69) is 30.8 Å². The second kappa shape index (κ2) is 5.59. The highest BCUT2D eigenvalue weighted by Gasteiger charge is 2.23. The molecular formula is C11H17BrN4. The number of nitrogens with two attached hydrogens (primary N) is 1. The molecule has 1 atom stereocenters. The molecule has 1 saturated heterocycles. The van der Waals surface area contributed by atoms with Gasteiger partial charge in [0.1, 0.15) is 0 Å². The predicted octanol–water partition coefficient (Wildman–Crippen LogP) is 1.95. The molecule has 0 aromatic carbocycles. The van der Waals surface area contributed by atoms with Crippen LogP contribution in [-0.4, -0.2) is 29.1 Å². The molecule has 1 aromatic rings. The number of anilines is 1. The van der Waals surface area contributed by atoms with Gasteiger partial charge in [-0.3, -0.25) is 0 Å². The Balaban J connectivity index is 2.13. The number of aromatic nitrogens is 2. The van der Waals surface area contributed by atoms with Crippen molar-refractivity contribution in [3.8, 4) is 0 Å². The average Bonchev–Trinajstić information content (AvgIpc) is 2.32. The maximum atomic E-state index is 5.65. The SMILES string of the molecule is NCCC1CCCCN1c1ncc(Br)cn1. The van der Waals surface area contributed by atoms with Gasteiger partial charge in [0.05, 0.1) is 4.47 Å². The monoisotopic (exact) mass is 284 g/mol. The fourth-order valence-corrected chi connectivity index (χ4v) is 2.41. The van der Waals surface area contributed by atoms with E-state index in [1.165, 1.54) is 19.3 Å². The molecule has 0 radical (unpaired) electrons. The fourth-order valence-electron chi connectivity index (χ4n) is 2.21. The van der Waals surface area contributed by atoms with Crippen molar-refractivity contribution in [1.82, 2.24) is 9.97 Å². The van der Waals surface area contributed by atoms with Gasteiger partial charge in [0.25, 0.3) is 0 Å². The molecule has 88 valence electrons. The summed E-state index contributed by atoms with van der Waals surface area (Å²) in [4.78, 5) is 11.0. The zero-order valence-corrected chi connectivity index (χ0v) is 10.9. The molecule has 0 spiro atoms. The van der Waals surface area contributed by atoms with Crippen molar-refractivity contribution in [1.29, 1.82) is 0 Å². The van der Waals surface area contributed by atoms with Crippen molar-refractivity contribution >= 4 is 21.9 Å². The molecule has 0 amide bonds. The topological polar surface area (TPSA) is 55.0 Å². The minimum atomic E-state index is 0.514. The number of hydrogen-bond acceptors (Lipinski definition) is 4. The number of hydrogen-bond donors (Lipinski definition) is 1. The van der Waals surface area contributed by atoms with E-state index in [9.17, 15) is 0 Å². The van der Waals surface area contributed by atoms with Crippen LogP contribution in [0.1, 0.15) is 25.7 Å². The van der Waals surface area contributed by atoms with Gasteiger partial charge in [-0.25, -0.2) is 9.97 Å². The molecular weight excluding hydrogens is 268 g/mol. The molecule has 0 bridgehead atoms. The maximum Gasteiger partial charge on any atom is 0.225 e. The van der Waals surface area contributed by atoms with Crippen LogP contribution in [0.3, 0.4) is 0 Å². The Hall–Kier alpha value is -0.680. The first-order chi connectivity index (χ1) is 7.81. The lowest BCUT2D eigenvalue weighted by atomic mass is 10.00. The second-order valence-corrected chi connectivity index (χ2v) is 5.04. The van der Waals surface area contributed by atoms with Gasteiger partial charge in [0.2, 0.25) is 5.95 Å². The van der Waals surface area contributed by atoms with Crippen molar-refractivity contribution in [3.05, 3.63) is 16.9 Å². The summed E-state index contributed by atoms with van der Waals surface area (Å²) in [6, 6.07) is 0.514. The zero-order valence-electron chi connectivity index (χ0n) is 9.27. The van der Waals surface area contributed by atoms with Crippen LogP contribution in [0.25, 0.3) is 0 Å². The largest absolute Gasteiger partial charge is 0.338 e. The highest BCUT2D eigenvalue weighted by molar-refractivity contribution is 9.10. The van der Waals surface area contributed by atoms with Gasteiger partial charge >= 0.3 is 0 Å². The Morgan fingerprint density at radius 2 is 2.12 bits per heavy atom. The van der Waals surface area contributed by atoms with Gasteiger partial charge in [-0.2, -0.15) is 0 Å². The van der Waals surface area contributed by atoms with Crippen molar-refractivity contribution < 1.29 is 0 Å². The van der Waals surface area contributed by atoms with Crippen LogP contribution in [0.2, 0.25) is 0 Å². The van der Waals surface area contributed by atoms with Gasteiger partial charge in [-0.05, 0) is 48.2 Å². The summed E-state index contributed by atoms with van der Waals surface area (Å²) in [5.41, 5.74) is 5.65. The van der Waals surface area contributed by atoms with Crippen LogP contribution in [-0.2, 0) is 0 Å². The lowest BCUT2D eigenvalue weighted by Gasteiger charge is -2.35. The molecule has 1 aliphatic heterocycles. The third-order valence-electron chi connectivity index (χ3n) is 2.99. The predicted molar refractivity (Wildman–Crippen MR) is 68.4 cm³/mol. The highest BCUT2D eigenvalue weighted by atomic mass is 79.9. The maximum absolute atomic E-state index is 5.65. The Kier molecular flexibility index (Phi) is 4.12. The molecule has 1 aromatic heterocycles. The smallest absolute Gasteiger partial charge is 0.225 e. The fraction of sp³-hybridized carbons (Fsp3) is 0.636. The molecule has 5 heteroatoms. The number of piperidine rings is 1. The van der Waals surface area contributed by atoms with Crippen LogP contribution < -0.4 is 10.6 Å². The molecule has 2 rings (SSSR count). The van der Waals surface area contributed by atoms with E-state index in [4.69, 9.17) is 5.73 Å². The first-order valence-corrected chi connectivity index (χ1v) is 6.55. The minimum absolute atomic E-state index is 0.514. The molecule has 1 fully saturated rings. The summed E-state index contributed by atoms with van der Waals surface area (Å²) in [5.74, 6) is 0.835. The Bertz CT molecular complexity index is 325. The number of halogens is 1. The lowest BCUT2D eigenvalue weighted by Crippen LogP contribution is -2.41. The van der Waals surface area contributed by atoms with Crippen LogP contribution in [0, 0.1) is 0 Å². The van der Waals surface area contributed by atoms with Crippen LogP contribution in [0.4, 0.5) is 5.95 Å². The van der Waals surface area contributed by atoms with Crippen LogP contribution in [0.5, 0.6) is 0 Å². The second-order valence-electron chi connectivity index (χ2n) is 4.12. The number of rotatable bonds is 3. The number of nitrogens with zero attached hydrogens (tertiary/aromatic N) is 3. The Labute approximate surface area is 104 Å². The Morgan fingerprint density at radius 3 is 2.81 bits per heavy atom. The summed E-state index contributed by atoms with van der Waals surface area (Å²) in [6.45, 7) is 1.78. The standard InChI is InChI=1S/C11H17BrN4/c12-9-7-14-11(15-8-9)16-6-2-1-3-10(16)4-5-13/h7-8,10H,1-6,13H2. The average molecular weight is 285 g/mol. The van der Waals surface area contributed by atoms with Gasteiger partial charge in [-0.15, -0.1) is 0 Å². The Morgan fingerprint density at radius 1 is 1.38 bits per heavy atom. The van der Waals surface area contributed by atoms with Crippen LogP contribution >= 0.6 is 15.9 Å². The molecule has 0 aliphatic carbocycles. The van der Waals surface area contributed by atoms with E-state index >= 15 is 0 Å². The third kappa shape index (κ3) is 2.71. The molecule has 1 aliphatic rings. The molecule has 1 unspecified atom stereocenters. The van der Waals surface area contributed by atoms with E-state index < -0.39 is 0 Å². The van der Waals surface area contributed by atoms with Gasteiger partial charge in [0.15, 0.2) is 0 Å². The van der Waals surface area contributed by atoms with Gasteiger partial charge in [0, 0.05) is 25.0 Å². The normalized spacial score (nSPS) is 21.1. The summed E-state index contributed by atoms with van der Waals surface area (Å²) in [6.07, 6.45) is 8.35. The van der Waals surface area contributed by atoms with E-state index in [1.54, 1.807) is 12.4 Å². The van der Waals surface area contributed by atoms with Gasteiger partial charge in [-0.1, -0.05) is 0 Å². The van der Waals surface area contributed by atoms with E-state index in [1.807, 2.05) is 0 Å². The third-order valence-corrected chi connectivity index (χ3v) is 3.40. The summed E-state index contributed by atoms with van der Waals surface area (Å²) >= 11 is 3.35. The quantitative estimate of drug-likeness (QED) is 0.922. The molecule has 0 saturated carbocycles. The van der Waals surface area contributed by atoms with E-state index in [-0.39, 0.29) is 0 Å². The van der Waals surface area contributed by atoms with Crippen molar-refractivity contribution in [2.75, 3.05) is 18.0 Å². The van der Waals surface area contributed by atoms with Crippen molar-refractivity contribution in [2.45, 2.75) is 31.7 Å².